The van der Waals surface area contributed by atoms with Crippen molar-refractivity contribution >= 4 is 35.0 Å². The summed E-state index contributed by atoms with van der Waals surface area (Å²) in [6, 6.07) is 19.5. The normalized spacial score (nSPS) is 10.5. The molecular weight excluding hydrogens is 421 g/mol. The van der Waals surface area contributed by atoms with Crippen molar-refractivity contribution in [3.8, 4) is 0 Å². The Morgan fingerprint density at radius 2 is 1.10 bits per heavy atom. The van der Waals surface area contributed by atoms with Gasteiger partial charge in [0.05, 0.1) is 0 Å². The van der Waals surface area contributed by atoms with Crippen LogP contribution >= 0.6 is 23.2 Å². The molecule has 0 N–H and O–H groups in total. The predicted octanol–water partition coefficient (Wildman–Crippen LogP) is 4.93. The van der Waals surface area contributed by atoms with Crippen LogP contribution in [0.3, 0.4) is 0 Å². The lowest BCUT2D eigenvalue weighted by Gasteiger charge is -2.19. The summed E-state index contributed by atoms with van der Waals surface area (Å²) in [7, 11) is 3.34. The second kappa shape index (κ2) is 9.74. The minimum absolute atomic E-state index is 0.196. The minimum atomic E-state index is -0.293. The van der Waals surface area contributed by atoms with Gasteiger partial charge in [-0.1, -0.05) is 65.7 Å². The second-order valence-corrected chi connectivity index (χ2v) is 7.73. The Bertz CT molecular complexity index is 991. The van der Waals surface area contributed by atoms with Crippen LogP contribution in [-0.4, -0.2) is 40.7 Å². The van der Waals surface area contributed by atoms with Gasteiger partial charge in [0, 0.05) is 37.2 Å². The number of carbonyl (C=O) groups is 2. The summed E-state index contributed by atoms with van der Waals surface area (Å²) in [5, 5.41) is 1.19. The lowest BCUT2D eigenvalue weighted by atomic mass is 10.2. The molecule has 154 valence electrons. The van der Waals surface area contributed by atoms with Gasteiger partial charge >= 0.3 is 0 Å². The fourth-order valence-electron chi connectivity index (χ4n) is 2.97. The summed E-state index contributed by atoms with van der Waals surface area (Å²) in [6.07, 6.45) is 0. The van der Waals surface area contributed by atoms with E-state index in [0.717, 1.165) is 11.1 Å². The number of rotatable bonds is 6. The molecule has 0 fully saturated rings. The van der Waals surface area contributed by atoms with Gasteiger partial charge in [-0.05, 0) is 35.4 Å². The van der Waals surface area contributed by atoms with Gasteiger partial charge < -0.3 is 9.80 Å². The molecule has 0 radical (unpaired) electrons. The maximum Gasteiger partial charge on any atom is 0.272 e. The van der Waals surface area contributed by atoms with Crippen LogP contribution in [0.4, 0.5) is 0 Å². The van der Waals surface area contributed by atoms with E-state index in [1.54, 1.807) is 44.4 Å². The fraction of sp³-hybridized carbons (Fsp3) is 0.174. The molecule has 0 spiro atoms. The average Bonchev–Trinajstić information content (AvgIpc) is 2.76. The first-order chi connectivity index (χ1) is 14.4. The monoisotopic (exact) mass is 441 g/mol. The van der Waals surface area contributed by atoms with Gasteiger partial charge in [-0.2, -0.15) is 0 Å². The molecule has 30 heavy (non-hydrogen) atoms. The number of nitrogens with zero attached hydrogens (tertiary/aromatic N) is 3. The van der Waals surface area contributed by atoms with E-state index in [9.17, 15) is 9.59 Å². The highest BCUT2D eigenvalue weighted by atomic mass is 35.5. The van der Waals surface area contributed by atoms with Crippen LogP contribution in [0.15, 0.2) is 66.7 Å². The van der Waals surface area contributed by atoms with Crippen molar-refractivity contribution in [3.63, 3.8) is 0 Å². The predicted molar refractivity (Wildman–Crippen MR) is 119 cm³/mol. The molecule has 0 saturated heterocycles. The van der Waals surface area contributed by atoms with Crippen LogP contribution in [-0.2, 0) is 13.1 Å². The molecule has 0 saturated carbocycles. The van der Waals surface area contributed by atoms with Crippen molar-refractivity contribution in [1.82, 2.24) is 14.8 Å². The molecule has 0 bridgehead atoms. The second-order valence-electron chi connectivity index (χ2n) is 6.91. The van der Waals surface area contributed by atoms with Crippen molar-refractivity contribution in [3.05, 3.63) is 99.3 Å². The maximum atomic E-state index is 12.8. The smallest absolute Gasteiger partial charge is 0.272 e. The summed E-state index contributed by atoms with van der Waals surface area (Å²) in [5.74, 6) is -0.586. The molecule has 2 aromatic carbocycles. The molecular formula is C23H21Cl2N3O2. The van der Waals surface area contributed by atoms with Crippen LogP contribution in [0.5, 0.6) is 0 Å². The Labute approximate surface area is 185 Å². The van der Waals surface area contributed by atoms with Gasteiger partial charge in [-0.15, -0.1) is 0 Å². The van der Waals surface area contributed by atoms with E-state index >= 15 is 0 Å². The number of benzene rings is 2. The zero-order valence-corrected chi connectivity index (χ0v) is 18.2. The highest BCUT2D eigenvalue weighted by Gasteiger charge is 2.19. The fourth-order valence-corrected chi connectivity index (χ4v) is 3.36. The Hall–Kier alpha value is -2.89. The van der Waals surface area contributed by atoms with E-state index in [1.807, 2.05) is 36.4 Å². The van der Waals surface area contributed by atoms with Crippen LogP contribution in [0.1, 0.15) is 32.1 Å². The summed E-state index contributed by atoms with van der Waals surface area (Å²) < 4.78 is 0. The average molecular weight is 442 g/mol. The molecule has 3 rings (SSSR count). The van der Waals surface area contributed by atoms with Gasteiger partial charge in [-0.25, -0.2) is 4.98 Å². The third kappa shape index (κ3) is 5.17. The first kappa shape index (κ1) is 21.8. The molecule has 0 aliphatic rings. The minimum Gasteiger partial charge on any atom is -0.336 e. The zero-order chi connectivity index (χ0) is 21.7. The van der Waals surface area contributed by atoms with Gasteiger partial charge in [0.1, 0.15) is 11.4 Å². The van der Waals surface area contributed by atoms with Crippen molar-refractivity contribution in [2.45, 2.75) is 13.1 Å². The van der Waals surface area contributed by atoms with Gasteiger partial charge in [-0.3, -0.25) is 9.59 Å². The van der Waals surface area contributed by atoms with Gasteiger partial charge in [0.2, 0.25) is 0 Å². The molecule has 0 aliphatic heterocycles. The summed E-state index contributed by atoms with van der Waals surface area (Å²) in [6.45, 7) is 0.676. The number of pyridine rings is 1. The third-order valence-corrected chi connectivity index (χ3v) is 5.35. The Morgan fingerprint density at radius 3 is 1.50 bits per heavy atom. The first-order valence-corrected chi connectivity index (χ1v) is 10.1. The summed E-state index contributed by atoms with van der Waals surface area (Å²) in [5.41, 5.74) is 2.06. The van der Waals surface area contributed by atoms with Crippen molar-refractivity contribution in [2.75, 3.05) is 14.1 Å². The quantitative estimate of drug-likeness (QED) is 0.544. The molecule has 1 heterocycles. The first-order valence-electron chi connectivity index (χ1n) is 9.31. The number of aromatic nitrogens is 1. The number of halogens is 2. The molecule has 2 amide bonds. The standard InChI is InChI=1S/C23H21Cl2N3O2/c1-27(14-16-8-3-5-10-18(16)24)22(29)20-12-7-13-21(26-20)23(30)28(2)15-17-9-4-6-11-19(17)25/h3-13H,14-15H2,1-2H3. The SMILES string of the molecule is CN(Cc1ccccc1Cl)C(=O)c1cccc(C(=O)N(C)Cc2ccccc2Cl)n1. The Morgan fingerprint density at radius 1 is 0.700 bits per heavy atom. The molecule has 0 unspecified atom stereocenters. The topological polar surface area (TPSA) is 53.5 Å². The highest BCUT2D eigenvalue weighted by Crippen LogP contribution is 2.19. The molecule has 0 atom stereocenters. The lowest BCUT2D eigenvalue weighted by Crippen LogP contribution is -2.30. The number of hydrogen-bond acceptors (Lipinski definition) is 3. The van der Waals surface area contributed by atoms with Crippen LogP contribution < -0.4 is 0 Å². The van der Waals surface area contributed by atoms with Crippen molar-refractivity contribution in [1.29, 1.82) is 0 Å². The lowest BCUT2D eigenvalue weighted by molar-refractivity contribution is 0.0771. The molecule has 5 nitrogen and oxygen atoms in total. The van der Waals surface area contributed by atoms with E-state index in [-0.39, 0.29) is 23.2 Å². The summed E-state index contributed by atoms with van der Waals surface area (Å²) >= 11 is 12.4. The Kier molecular flexibility index (Phi) is 7.08. The zero-order valence-electron chi connectivity index (χ0n) is 16.7. The molecule has 0 aliphatic carbocycles. The largest absolute Gasteiger partial charge is 0.336 e. The Balaban J connectivity index is 1.73. The van der Waals surface area contributed by atoms with Crippen LogP contribution in [0, 0.1) is 0 Å². The molecule has 7 heteroatoms. The highest BCUT2D eigenvalue weighted by molar-refractivity contribution is 6.31. The summed E-state index contributed by atoms with van der Waals surface area (Å²) in [4.78, 5) is 33.0. The van der Waals surface area contributed by atoms with Crippen molar-refractivity contribution in [2.24, 2.45) is 0 Å². The molecule has 3 aromatic rings. The third-order valence-electron chi connectivity index (χ3n) is 4.61. The van der Waals surface area contributed by atoms with E-state index < -0.39 is 0 Å². The maximum absolute atomic E-state index is 12.8. The van der Waals surface area contributed by atoms with E-state index in [2.05, 4.69) is 4.98 Å². The van der Waals surface area contributed by atoms with Crippen LogP contribution in [0.2, 0.25) is 10.0 Å². The van der Waals surface area contributed by atoms with Crippen LogP contribution in [0.25, 0.3) is 0 Å². The van der Waals surface area contributed by atoms with E-state index in [0.29, 0.717) is 23.1 Å². The van der Waals surface area contributed by atoms with Gasteiger partial charge in [0.25, 0.3) is 11.8 Å². The molecule has 1 aromatic heterocycles. The number of hydrogen-bond donors (Lipinski definition) is 0. The van der Waals surface area contributed by atoms with E-state index in [1.165, 1.54) is 9.80 Å². The van der Waals surface area contributed by atoms with E-state index in [4.69, 9.17) is 23.2 Å². The van der Waals surface area contributed by atoms with Gasteiger partial charge in [0.15, 0.2) is 0 Å². The number of carbonyl (C=O) groups excluding carboxylic acids is 2. The van der Waals surface area contributed by atoms with Crippen molar-refractivity contribution < 1.29 is 9.59 Å². The number of amides is 2.